The van der Waals surface area contributed by atoms with Gasteiger partial charge < -0.3 is 15.8 Å². The van der Waals surface area contributed by atoms with Crippen molar-refractivity contribution < 1.29 is 22.3 Å². The molecule has 0 saturated carbocycles. The summed E-state index contributed by atoms with van der Waals surface area (Å²) in [5, 5.41) is 5.08. The molecule has 4 rings (SSSR count). The first-order valence-corrected chi connectivity index (χ1v) is 13.2. The molecule has 0 bridgehead atoms. The molecule has 0 aromatic heterocycles. The van der Waals surface area contributed by atoms with Gasteiger partial charge in [-0.15, -0.1) is 0 Å². The van der Waals surface area contributed by atoms with Crippen molar-refractivity contribution in [3.63, 3.8) is 0 Å². The lowest BCUT2D eigenvalue weighted by molar-refractivity contribution is -0.117. The maximum atomic E-state index is 15.4. The first kappa shape index (κ1) is 24.8. The fourth-order valence-corrected chi connectivity index (χ4v) is 7.44. The Bertz CT molecular complexity index is 1120. The van der Waals surface area contributed by atoms with Crippen molar-refractivity contribution in [2.75, 3.05) is 26.3 Å². The molecule has 0 radical (unpaired) electrons. The number of hydrogen-bond acceptors (Lipinski definition) is 6. The van der Waals surface area contributed by atoms with E-state index in [4.69, 9.17) is 10.5 Å². The zero-order valence-corrected chi connectivity index (χ0v) is 20.1. The molecule has 2 aliphatic heterocycles. The van der Waals surface area contributed by atoms with Crippen molar-refractivity contribution in [1.29, 1.82) is 0 Å². The molecule has 2 saturated heterocycles. The number of benzene rings is 2. The van der Waals surface area contributed by atoms with E-state index >= 15 is 4.39 Å². The summed E-state index contributed by atoms with van der Waals surface area (Å²) < 4.78 is 47.9. The summed E-state index contributed by atoms with van der Waals surface area (Å²) in [6.07, 6.45) is 1.24. The number of rotatable bonds is 7. The van der Waals surface area contributed by atoms with Crippen LogP contribution in [0, 0.1) is 5.82 Å². The van der Waals surface area contributed by atoms with Gasteiger partial charge in [-0.2, -0.15) is 0 Å². The Hall–Kier alpha value is -2.33. The highest BCUT2D eigenvalue weighted by Crippen LogP contribution is 2.35. The number of ether oxygens (including phenoxy) is 1. The summed E-state index contributed by atoms with van der Waals surface area (Å²) in [5.74, 6) is -0.937. The van der Waals surface area contributed by atoms with E-state index in [9.17, 15) is 13.2 Å². The average Bonchev–Trinajstić information content (AvgIpc) is 2.82. The van der Waals surface area contributed by atoms with Crippen LogP contribution in [-0.2, 0) is 31.3 Å². The Morgan fingerprint density at radius 3 is 2.56 bits per heavy atom. The predicted molar refractivity (Wildman–Crippen MR) is 128 cm³/mol. The largest absolute Gasteiger partial charge is 0.381 e. The second-order valence-electron chi connectivity index (χ2n) is 9.25. The van der Waals surface area contributed by atoms with Crippen LogP contribution >= 0.6 is 0 Å². The number of primary amides is 1. The minimum Gasteiger partial charge on any atom is -0.381 e. The van der Waals surface area contributed by atoms with E-state index in [1.807, 2.05) is 43.3 Å². The fraction of sp³-hybridized carbons (Fsp3) is 0.480. The summed E-state index contributed by atoms with van der Waals surface area (Å²) in [7, 11) is -3.55. The van der Waals surface area contributed by atoms with Crippen molar-refractivity contribution in [3.05, 3.63) is 71.0 Å². The Balaban J connectivity index is 1.59. The lowest BCUT2D eigenvalue weighted by atomic mass is 9.82. The van der Waals surface area contributed by atoms with Crippen LogP contribution in [0.15, 0.2) is 48.5 Å². The van der Waals surface area contributed by atoms with Crippen LogP contribution in [0.2, 0.25) is 0 Å². The first-order chi connectivity index (χ1) is 16.2. The van der Waals surface area contributed by atoms with E-state index in [1.165, 1.54) is 6.07 Å². The van der Waals surface area contributed by atoms with Gasteiger partial charge in [-0.1, -0.05) is 42.5 Å². The molecule has 2 aromatic carbocycles. The zero-order chi connectivity index (χ0) is 24.3. The molecule has 4 N–H and O–H groups in total. The first-order valence-electron chi connectivity index (χ1n) is 11.6. The molecule has 34 heavy (non-hydrogen) atoms. The highest BCUT2D eigenvalue weighted by Gasteiger charge is 2.43. The van der Waals surface area contributed by atoms with Gasteiger partial charge in [0.1, 0.15) is 5.82 Å². The lowest BCUT2D eigenvalue weighted by Gasteiger charge is -2.39. The number of hydrogen-bond donors (Lipinski definition) is 3. The summed E-state index contributed by atoms with van der Waals surface area (Å²) in [6.45, 7) is 3.12. The van der Waals surface area contributed by atoms with Crippen LogP contribution in [0.4, 0.5) is 4.39 Å². The van der Waals surface area contributed by atoms with Crippen molar-refractivity contribution in [1.82, 2.24) is 10.6 Å². The zero-order valence-electron chi connectivity index (χ0n) is 19.3. The maximum Gasteiger partial charge on any atom is 0.231 e. The minimum absolute atomic E-state index is 0.0201. The van der Waals surface area contributed by atoms with Crippen molar-refractivity contribution in [3.8, 4) is 0 Å². The molecule has 2 heterocycles. The Morgan fingerprint density at radius 1 is 1.21 bits per heavy atom. The number of halogens is 1. The van der Waals surface area contributed by atoms with Crippen molar-refractivity contribution in [2.45, 2.75) is 48.3 Å². The van der Waals surface area contributed by atoms with E-state index in [1.54, 1.807) is 6.07 Å². The van der Waals surface area contributed by atoms with E-state index in [0.717, 1.165) is 5.56 Å². The number of amides is 1. The topological polar surface area (TPSA) is 111 Å². The average molecular weight is 490 g/mol. The van der Waals surface area contributed by atoms with Crippen LogP contribution in [0.5, 0.6) is 0 Å². The van der Waals surface area contributed by atoms with Gasteiger partial charge in [-0.3, -0.25) is 10.1 Å². The molecular formula is C25H32FN3O4S. The Labute approximate surface area is 200 Å². The molecule has 2 aliphatic rings. The van der Waals surface area contributed by atoms with E-state index in [0.29, 0.717) is 43.7 Å². The summed E-state index contributed by atoms with van der Waals surface area (Å²) >= 11 is 0. The maximum absolute atomic E-state index is 15.4. The normalized spacial score (nSPS) is 26.1. The van der Waals surface area contributed by atoms with Gasteiger partial charge in [0.05, 0.1) is 17.0 Å². The number of nitrogens with one attached hydrogen (secondary N) is 2. The Kier molecular flexibility index (Phi) is 7.37. The van der Waals surface area contributed by atoms with Gasteiger partial charge in [0.2, 0.25) is 5.91 Å². The molecular weight excluding hydrogens is 457 g/mol. The number of nitrogens with two attached hydrogens (primary N) is 1. The van der Waals surface area contributed by atoms with Crippen molar-refractivity contribution >= 4 is 15.7 Å². The minimum atomic E-state index is -3.55. The highest BCUT2D eigenvalue weighted by molar-refractivity contribution is 7.92. The monoisotopic (exact) mass is 489 g/mol. The third-order valence-electron chi connectivity index (χ3n) is 7.15. The molecule has 7 nitrogen and oxygen atoms in total. The standard InChI is InChI=1S/C25H32FN3O4S/c1-17-22(34(31,32)23(15-28-17)18-5-3-2-4-6-18)13-19-7-8-20(14-21(19)26)25(29-16-24(27)30)9-11-33-12-10-25/h2-8,14,17,22-23,28-29H,9-13,15-16H2,1H3,(H2,27,30)/t17-,22?,23-/m0/s1. The fourth-order valence-electron chi connectivity index (χ4n) is 5.08. The second-order valence-corrected chi connectivity index (χ2v) is 11.6. The van der Waals surface area contributed by atoms with Crippen LogP contribution in [0.3, 0.4) is 0 Å². The molecule has 9 heteroatoms. The van der Waals surface area contributed by atoms with Gasteiger partial charge in [-0.05, 0) is 48.9 Å². The van der Waals surface area contributed by atoms with Crippen LogP contribution in [0.1, 0.15) is 41.7 Å². The predicted octanol–water partition coefficient (Wildman–Crippen LogP) is 1.97. The van der Waals surface area contributed by atoms with E-state index in [-0.39, 0.29) is 19.0 Å². The molecule has 0 spiro atoms. The lowest BCUT2D eigenvalue weighted by Crippen LogP contribution is -2.53. The van der Waals surface area contributed by atoms with Gasteiger partial charge in [0.25, 0.3) is 0 Å². The summed E-state index contributed by atoms with van der Waals surface area (Å²) in [4.78, 5) is 11.4. The third-order valence-corrected chi connectivity index (χ3v) is 9.80. The summed E-state index contributed by atoms with van der Waals surface area (Å²) in [5.41, 5.74) is 6.52. The highest BCUT2D eigenvalue weighted by atomic mass is 32.2. The van der Waals surface area contributed by atoms with Gasteiger partial charge >= 0.3 is 0 Å². The van der Waals surface area contributed by atoms with Crippen molar-refractivity contribution in [2.24, 2.45) is 5.73 Å². The smallest absolute Gasteiger partial charge is 0.231 e. The third kappa shape index (κ3) is 5.02. The molecule has 1 unspecified atom stereocenters. The van der Waals surface area contributed by atoms with Crippen LogP contribution < -0.4 is 16.4 Å². The van der Waals surface area contributed by atoms with Crippen LogP contribution in [-0.4, -0.2) is 51.9 Å². The Morgan fingerprint density at radius 2 is 1.91 bits per heavy atom. The SMILES string of the molecule is C[C@@H]1NC[C@@H](c2ccccc2)S(=O)(=O)C1Cc1ccc(C2(NCC(N)=O)CCOCC2)cc1F. The summed E-state index contributed by atoms with van der Waals surface area (Å²) in [6, 6.07) is 13.8. The van der Waals surface area contributed by atoms with Crippen LogP contribution in [0.25, 0.3) is 0 Å². The molecule has 3 atom stereocenters. The number of sulfone groups is 1. The van der Waals surface area contributed by atoms with Gasteiger partial charge in [0.15, 0.2) is 9.84 Å². The van der Waals surface area contributed by atoms with E-state index in [2.05, 4.69) is 10.6 Å². The molecule has 1 amide bonds. The van der Waals surface area contributed by atoms with E-state index < -0.39 is 37.6 Å². The quantitative estimate of drug-likeness (QED) is 0.549. The number of carbonyl (C=O) groups is 1. The second kappa shape index (κ2) is 10.1. The molecule has 2 fully saturated rings. The molecule has 184 valence electrons. The van der Waals surface area contributed by atoms with Gasteiger partial charge in [-0.25, -0.2) is 12.8 Å². The number of carbonyl (C=O) groups excluding carboxylic acids is 1. The molecule has 2 aromatic rings. The van der Waals surface area contributed by atoms with Gasteiger partial charge in [0, 0.05) is 31.3 Å². The molecule has 0 aliphatic carbocycles.